The predicted octanol–water partition coefficient (Wildman–Crippen LogP) is 4.52. The monoisotopic (exact) mass is 581 g/mol. The molecule has 0 amide bonds. The summed E-state index contributed by atoms with van der Waals surface area (Å²) in [5.41, 5.74) is 1.19. The van der Waals surface area contributed by atoms with Gasteiger partial charge >= 0.3 is 12.2 Å². The van der Waals surface area contributed by atoms with Gasteiger partial charge < -0.3 is 30.7 Å². The highest BCUT2D eigenvalue weighted by molar-refractivity contribution is 5.96. The van der Waals surface area contributed by atoms with Gasteiger partial charge in [-0.25, -0.2) is 13.8 Å². The first-order valence-corrected chi connectivity index (χ1v) is 13.5. The molecule has 5 rings (SSSR count). The SMILES string of the molecule is Cc1c(F)c(N)cc(-c2nc3c4c(nc(OCC5CCCN5C)nc4c2F)NCCNCCC(C)O3)c1C(F)(F)F. The summed E-state index contributed by atoms with van der Waals surface area (Å²) in [4.78, 5) is 15.1. The fraction of sp³-hybridized carbons (Fsp3) is 0.519. The molecular weight excluding hydrogens is 549 g/mol. The Kier molecular flexibility index (Phi) is 8.06. The highest BCUT2D eigenvalue weighted by Crippen LogP contribution is 2.44. The number of nitrogens with two attached hydrogens (primary N) is 1. The molecule has 14 heteroatoms. The molecule has 2 atom stereocenters. The number of likely N-dealkylation sites (tertiary alicyclic amines) is 1. The van der Waals surface area contributed by atoms with E-state index in [1.165, 1.54) is 0 Å². The molecule has 9 nitrogen and oxygen atoms in total. The van der Waals surface area contributed by atoms with Crippen molar-refractivity contribution in [3.8, 4) is 23.1 Å². The van der Waals surface area contributed by atoms with E-state index in [0.29, 0.717) is 26.1 Å². The minimum atomic E-state index is -5.03. The molecule has 0 saturated carbocycles. The molecule has 1 saturated heterocycles. The van der Waals surface area contributed by atoms with Gasteiger partial charge in [0.25, 0.3) is 0 Å². The number of ether oxygens (including phenoxy) is 2. The second kappa shape index (κ2) is 11.4. The molecule has 0 bridgehead atoms. The van der Waals surface area contributed by atoms with Crippen LogP contribution in [0.2, 0.25) is 0 Å². The van der Waals surface area contributed by atoms with Gasteiger partial charge in [0.1, 0.15) is 34.8 Å². The number of nitrogens with one attached hydrogen (secondary N) is 2. The van der Waals surface area contributed by atoms with Crippen molar-refractivity contribution in [1.82, 2.24) is 25.2 Å². The van der Waals surface area contributed by atoms with Gasteiger partial charge in [0.15, 0.2) is 5.82 Å². The Bertz CT molecular complexity index is 1450. The summed E-state index contributed by atoms with van der Waals surface area (Å²) in [6.45, 7) is 5.42. The van der Waals surface area contributed by atoms with Crippen molar-refractivity contribution in [2.45, 2.75) is 51.4 Å². The van der Waals surface area contributed by atoms with Crippen LogP contribution in [0.25, 0.3) is 22.2 Å². The van der Waals surface area contributed by atoms with Crippen LogP contribution >= 0.6 is 0 Å². The third-order valence-corrected chi connectivity index (χ3v) is 7.51. The van der Waals surface area contributed by atoms with Crippen molar-refractivity contribution in [1.29, 1.82) is 0 Å². The van der Waals surface area contributed by atoms with E-state index in [-0.39, 0.29) is 41.3 Å². The van der Waals surface area contributed by atoms with Gasteiger partial charge in [-0.05, 0) is 64.9 Å². The lowest BCUT2D eigenvalue weighted by atomic mass is 9.96. The second-order valence-corrected chi connectivity index (χ2v) is 10.5. The smallest absolute Gasteiger partial charge is 0.417 e. The summed E-state index contributed by atoms with van der Waals surface area (Å²) in [5, 5.41) is 6.44. The average molecular weight is 582 g/mol. The van der Waals surface area contributed by atoms with Gasteiger partial charge in [0.2, 0.25) is 5.88 Å². The molecule has 2 aromatic heterocycles. The molecule has 3 aromatic rings. The Balaban J connectivity index is 1.75. The lowest BCUT2D eigenvalue weighted by Gasteiger charge is -2.21. The van der Waals surface area contributed by atoms with Gasteiger partial charge in [-0.15, -0.1) is 0 Å². The first-order valence-electron chi connectivity index (χ1n) is 13.5. The van der Waals surface area contributed by atoms with Crippen LogP contribution in [0.15, 0.2) is 6.07 Å². The number of benzene rings is 1. The van der Waals surface area contributed by atoms with Crippen molar-refractivity contribution in [3.63, 3.8) is 0 Å². The first-order chi connectivity index (χ1) is 19.5. The summed E-state index contributed by atoms with van der Waals surface area (Å²) in [5.74, 6) is -2.40. The Morgan fingerprint density at radius 3 is 2.61 bits per heavy atom. The van der Waals surface area contributed by atoms with E-state index in [0.717, 1.165) is 32.4 Å². The molecule has 2 aliphatic rings. The number of rotatable bonds is 4. The van der Waals surface area contributed by atoms with E-state index in [2.05, 4.69) is 30.5 Å². The minimum Gasteiger partial charge on any atom is -0.474 e. The Labute approximate surface area is 233 Å². The van der Waals surface area contributed by atoms with Crippen LogP contribution in [-0.2, 0) is 6.18 Å². The summed E-state index contributed by atoms with van der Waals surface area (Å²) in [6, 6.07) is 0.701. The van der Waals surface area contributed by atoms with Crippen LogP contribution in [0, 0.1) is 18.6 Å². The van der Waals surface area contributed by atoms with Gasteiger partial charge in [-0.3, -0.25) is 0 Å². The lowest BCUT2D eigenvalue weighted by molar-refractivity contribution is -0.137. The molecule has 4 N–H and O–H groups in total. The van der Waals surface area contributed by atoms with Gasteiger partial charge in [-0.2, -0.15) is 23.1 Å². The highest BCUT2D eigenvalue weighted by atomic mass is 19.4. The van der Waals surface area contributed by atoms with Crippen molar-refractivity contribution < 1.29 is 31.4 Å². The Hall–Kier alpha value is -3.52. The van der Waals surface area contributed by atoms with E-state index in [1.54, 1.807) is 6.92 Å². The molecular formula is C27H32F5N7O2. The summed E-state index contributed by atoms with van der Waals surface area (Å²) in [6.07, 6.45) is -3.02. The van der Waals surface area contributed by atoms with Crippen LogP contribution in [0.1, 0.15) is 37.3 Å². The van der Waals surface area contributed by atoms with Crippen molar-refractivity contribution in [2.75, 3.05) is 50.9 Å². The quantitative estimate of drug-likeness (QED) is 0.303. The average Bonchev–Trinajstić information content (AvgIpc) is 3.31. The summed E-state index contributed by atoms with van der Waals surface area (Å²) < 4.78 is 85.5. The predicted molar refractivity (Wildman–Crippen MR) is 144 cm³/mol. The number of pyridine rings is 1. The second-order valence-electron chi connectivity index (χ2n) is 10.5. The number of aromatic nitrogens is 3. The molecule has 1 aromatic carbocycles. The normalized spacial score (nSPS) is 20.4. The molecule has 2 aliphatic heterocycles. The van der Waals surface area contributed by atoms with Crippen molar-refractivity contribution >= 4 is 22.4 Å². The number of likely N-dealkylation sites (N-methyl/N-ethyl adjacent to an activating group) is 1. The maximum absolute atomic E-state index is 16.4. The number of anilines is 2. The fourth-order valence-corrected chi connectivity index (χ4v) is 5.26. The molecule has 0 radical (unpaired) electrons. The zero-order valence-corrected chi connectivity index (χ0v) is 23.0. The molecule has 222 valence electrons. The zero-order chi connectivity index (χ0) is 29.5. The van der Waals surface area contributed by atoms with Crippen molar-refractivity contribution in [2.24, 2.45) is 0 Å². The Morgan fingerprint density at radius 1 is 1.12 bits per heavy atom. The number of hydrogen-bond acceptors (Lipinski definition) is 9. The number of halogens is 5. The number of nitrogen functional groups attached to an aromatic ring is 1. The van der Waals surface area contributed by atoms with Gasteiger partial charge in [0, 0.05) is 24.7 Å². The summed E-state index contributed by atoms with van der Waals surface area (Å²) >= 11 is 0. The van der Waals surface area contributed by atoms with E-state index in [4.69, 9.17) is 15.2 Å². The minimum absolute atomic E-state index is 0.0608. The fourth-order valence-electron chi connectivity index (χ4n) is 5.26. The molecule has 1 fully saturated rings. The van der Waals surface area contributed by atoms with Crippen LogP contribution in [0.4, 0.5) is 33.5 Å². The Morgan fingerprint density at radius 2 is 1.90 bits per heavy atom. The van der Waals surface area contributed by atoms with Crippen LogP contribution in [-0.4, -0.2) is 71.8 Å². The molecule has 0 aliphatic carbocycles. The third-order valence-electron chi connectivity index (χ3n) is 7.51. The molecule has 4 heterocycles. The van der Waals surface area contributed by atoms with Crippen LogP contribution in [0.3, 0.4) is 0 Å². The third kappa shape index (κ3) is 5.80. The van der Waals surface area contributed by atoms with Crippen molar-refractivity contribution in [3.05, 3.63) is 28.8 Å². The van der Waals surface area contributed by atoms with E-state index in [9.17, 15) is 17.6 Å². The number of nitrogens with zero attached hydrogens (tertiary/aromatic N) is 4. The highest BCUT2D eigenvalue weighted by Gasteiger charge is 2.39. The van der Waals surface area contributed by atoms with E-state index in [1.807, 2.05) is 7.05 Å². The molecule has 2 unspecified atom stereocenters. The number of alkyl halides is 3. The summed E-state index contributed by atoms with van der Waals surface area (Å²) in [7, 11) is 1.97. The molecule has 0 spiro atoms. The topological polar surface area (TPSA) is 110 Å². The van der Waals surface area contributed by atoms with Crippen LogP contribution in [0.5, 0.6) is 11.9 Å². The van der Waals surface area contributed by atoms with E-state index < -0.39 is 52.0 Å². The number of hydrogen-bond donors (Lipinski definition) is 3. The largest absolute Gasteiger partial charge is 0.474 e. The standard InChI is InChI=1S/C27H32F5N7O2/c1-13-6-7-34-8-9-35-24-18-23(37-26(38-24)40-12-15-5-4-10-39(15)3)21(29)22(36-25(18)41-13)16-11-17(33)20(28)14(2)19(16)27(30,31)32/h11,13,15,34H,4-10,12,33H2,1-3H3,(H,35,37,38). The maximum Gasteiger partial charge on any atom is 0.417 e. The van der Waals surface area contributed by atoms with Gasteiger partial charge in [0.05, 0.1) is 17.4 Å². The van der Waals surface area contributed by atoms with Gasteiger partial charge in [-0.1, -0.05) is 0 Å². The first kappa shape index (κ1) is 29.0. The lowest BCUT2D eigenvalue weighted by Crippen LogP contribution is -2.31. The zero-order valence-electron chi connectivity index (χ0n) is 23.0. The van der Waals surface area contributed by atoms with Crippen LogP contribution < -0.4 is 25.8 Å². The van der Waals surface area contributed by atoms with E-state index >= 15 is 4.39 Å². The molecule has 41 heavy (non-hydrogen) atoms. The maximum atomic E-state index is 16.4.